The molecule has 0 heterocycles. The van der Waals surface area contributed by atoms with Gasteiger partial charge in [-0.05, 0) is 55.8 Å². The summed E-state index contributed by atoms with van der Waals surface area (Å²) >= 11 is 1.31. The Hall–Kier alpha value is -2.19. The van der Waals surface area contributed by atoms with Crippen molar-refractivity contribution >= 4 is 33.4 Å². The molecule has 0 saturated heterocycles. The fourth-order valence-corrected chi connectivity index (χ4v) is 4.35. The molecule has 0 aliphatic carbocycles. The maximum absolute atomic E-state index is 12.6. The molecule has 0 atom stereocenters. The van der Waals surface area contributed by atoms with Gasteiger partial charge in [0, 0.05) is 10.6 Å². The van der Waals surface area contributed by atoms with Crippen LogP contribution in [0.5, 0.6) is 5.75 Å². The Kier molecular flexibility index (Phi) is 6.93. The third-order valence-electron chi connectivity index (χ3n) is 3.40. The number of hydrogen-bond acceptors (Lipinski definition) is 5. The van der Waals surface area contributed by atoms with E-state index >= 15 is 0 Å². The predicted octanol–water partition coefficient (Wildman–Crippen LogP) is 3.76. The van der Waals surface area contributed by atoms with Crippen LogP contribution < -0.4 is 9.46 Å². The maximum atomic E-state index is 12.6. The predicted molar refractivity (Wildman–Crippen MR) is 103 cm³/mol. The van der Waals surface area contributed by atoms with Gasteiger partial charge in [0.05, 0.1) is 23.6 Å². The van der Waals surface area contributed by atoms with Gasteiger partial charge in [-0.25, -0.2) is 8.42 Å². The smallest absolute Gasteiger partial charge is 0.304 e. The molecule has 2 rings (SSSR count). The fraction of sp³-hybridized carbons (Fsp3) is 0.278. The number of carboxylic acid groups (broad SMARTS) is 1. The summed E-state index contributed by atoms with van der Waals surface area (Å²) in [6.45, 7) is 4.25. The molecule has 0 fully saturated rings. The van der Waals surface area contributed by atoms with Gasteiger partial charge in [0.25, 0.3) is 10.0 Å². The molecule has 0 radical (unpaired) electrons. The van der Waals surface area contributed by atoms with Gasteiger partial charge in [-0.1, -0.05) is 6.07 Å². The molecule has 0 saturated carbocycles. The zero-order valence-electron chi connectivity index (χ0n) is 14.6. The van der Waals surface area contributed by atoms with Gasteiger partial charge in [0.1, 0.15) is 5.75 Å². The highest BCUT2D eigenvalue weighted by atomic mass is 32.2. The van der Waals surface area contributed by atoms with Crippen LogP contribution in [0.4, 0.5) is 5.69 Å². The summed E-state index contributed by atoms with van der Waals surface area (Å²) in [5, 5.41) is 8.78. The van der Waals surface area contributed by atoms with Crippen LogP contribution in [0.25, 0.3) is 0 Å². The quantitative estimate of drug-likeness (QED) is 0.628. The van der Waals surface area contributed by atoms with Gasteiger partial charge in [-0.2, -0.15) is 0 Å². The largest absolute Gasteiger partial charge is 0.494 e. The lowest BCUT2D eigenvalue weighted by molar-refractivity contribution is -0.136. The van der Waals surface area contributed by atoms with Crippen LogP contribution in [-0.4, -0.2) is 31.9 Å². The topological polar surface area (TPSA) is 92.7 Å². The Bertz CT molecular complexity index is 864. The summed E-state index contributed by atoms with van der Waals surface area (Å²) in [5.74, 6) is 0.0738. The van der Waals surface area contributed by atoms with Crippen LogP contribution in [0, 0.1) is 6.92 Å². The first-order valence-corrected chi connectivity index (χ1v) is 10.5. The van der Waals surface area contributed by atoms with Crippen LogP contribution in [-0.2, 0) is 14.8 Å². The minimum Gasteiger partial charge on any atom is -0.494 e. The first-order chi connectivity index (χ1) is 12.3. The summed E-state index contributed by atoms with van der Waals surface area (Å²) < 4.78 is 33.2. The minimum absolute atomic E-state index is 0.00366. The molecule has 6 nitrogen and oxygen atoms in total. The van der Waals surface area contributed by atoms with Crippen LogP contribution in [0.2, 0.25) is 0 Å². The molecule has 0 amide bonds. The van der Waals surface area contributed by atoms with Crippen molar-refractivity contribution in [1.82, 2.24) is 0 Å². The molecule has 2 aromatic rings. The fourth-order valence-electron chi connectivity index (χ4n) is 2.17. The van der Waals surface area contributed by atoms with Crippen molar-refractivity contribution in [2.45, 2.75) is 30.1 Å². The van der Waals surface area contributed by atoms with Crippen molar-refractivity contribution in [3.05, 3.63) is 48.0 Å². The number of sulfonamides is 1. The van der Waals surface area contributed by atoms with Gasteiger partial charge >= 0.3 is 5.97 Å². The number of thioether (sulfide) groups is 1. The molecule has 0 unspecified atom stereocenters. The summed E-state index contributed by atoms with van der Waals surface area (Å²) in [7, 11) is -3.76. The average molecular weight is 396 g/mol. The number of nitrogens with one attached hydrogen (secondary N) is 1. The van der Waals surface area contributed by atoms with Gasteiger partial charge < -0.3 is 9.84 Å². The first-order valence-electron chi connectivity index (χ1n) is 8.02. The number of benzene rings is 2. The lowest BCUT2D eigenvalue weighted by Crippen LogP contribution is -2.13. The molecule has 0 bridgehead atoms. The van der Waals surface area contributed by atoms with Crippen LogP contribution >= 0.6 is 11.8 Å². The normalized spacial score (nSPS) is 11.2. The molecular formula is C18H21NO5S2. The molecule has 26 heavy (non-hydrogen) atoms. The first kappa shape index (κ1) is 20.1. The molecule has 2 aromatic carbocycles. The van der Waals surface area contributed by atoms with Gasteiger partial charge in [0.2, 0.25) is 0 Å². The van der Waals surface area contributed by atoms with Crippen LogP contribution in [0.3, 0.4) is 0 Å². The van der Waals surface area contributed by atoms with Crippen molar-refractivity contribution in [2.75, 3.05) is 17.1 Å². The highest BCUT2D eigenvalue weighted by molar-refractivity contribution is 7.99. The number of anilines is 1. The molecule has 0 spiro atoms. The number of aryl methyl sites for hydroxylation is 1. The number of hydrogen-bond donors (Lipinski definition) is 2. The van der Waals surface area contributed by atoms with Gasteiger partial charge in [-0.3, -0.25) is 9.52 Å². The van der Waals surface area contributed by atoms with E-state index in [0.717, 1.165) is 5.56 Å². The zero-order valence-corrected chi connectivity index (χ0v) is 16.2. The third-order valence-corrected chi connectivity index (χ3v) is 5.84. The molecular weight excluding hydrogens is 374 g/mol. The van der Waals surface area contributed by atoms with Crippen LogP contribution in [0.1, 0.15) is 18.9 Å². The van der Waals surface area contributed by atoms with E-state index in [2.05, 4.69) is 4.72 Å². The van der Waals surface area contributed by atoms with E-state index < -0.39 is 16.0 Å². The minimum atomic E-state index is -3.76. The molecule has 0 aliphatic rings. The molecule has 0 aliphatic heterocycles. The van der Waals surface area contributed by atoms with Crippen molar-refractivity contribution in [1.29, 1.82) is 0 Å². The Labute approximate surface area is 157 Å². The second-order valence-corrected chi connectivity index (χ2v) is 8.32. The number of aliphatic carboxylic acids is 1. The molecule has 8 heteroatoms. The van der Waals surface area contributed by atoms with E-state index in [1.165, 1.54) is 23.9 Å². The Morgan fingerprint density at radius 1 is 1.19 bits per heavy atom. The Morgan fingerprint density at radius 2 is 1.88 bits per heavy atom. The molecule has 0 aromatic heterocycles. The number of rotatable bonds is 9. The summed E-state index contributed by atoms with van der Waals surface area (Å²) in [4.78, 5) is 11.5. The van der Waals surface area contributed by atoms with E-state index in [4.69, 9.17) is 9.84 Å². The van der Waals surface area contributed by atoms with E-state index in [9.17, 15) is 13.2 Å². The number of ether oxygens (including phenoxy) is 1. The molecule has 2 N–H and O–H groups in total. The lowest BCUT2D eigenvalue weighted by Gasteiger charge is -2.13. The average Bonchev–Trinajstić information content (AvgIpc) is 2.57. The van der Waals surface area contributed by atoms with Crippen molar-refractivity contribution in [3.8, 4) is 5.75 Å². The maximum Gasteiger partial charge on any atom is 0.304 e. The summed E-state index contributed by atoms with van der Waals surface area (Å²) in [5.41, 5.74) is 1.40. The summed E-state index contributed by atoms with van der Waals surface area (Å²) in [6, 6.07) is 11.5. The second kappa shape index (κ2) is 8.95. The van der Waals surface area contributed by atoms with E-state index in [1.54, 1.807) is 24.3 Å². The van der Waals surface area contributed by atoms with Crippen molar-refractivity contribution < 1.29 is 23.1 Å². The highest BCUT2D eigenvalue weighted by Gasteiger charge is 2.16. The number of carbonyl (C=O) groups is 1. The SMILES string of the molecule is CCOc1ccc(S(=O)(=O)Nc2ccc(C)cc2SCCC(=O)O)cc1. The highest BCUT2D eigenvalue weighted by Crippen LogP contribution is 2.31. The Morgan fingerprint density at radius 3 is 2.50 bits per heavy atom. The van der Waals surface area contributed by atoms with E-state index in [-0.39, 0.29) is 11.3 Å². The number of carboxylic acids is 1. The monoisotopic (exact) mass is 395 g/mol. The van der Waals surface area contributed by atoms with Gasteiger partial charge in [0.15, 0.2) is 0 Å². The summed E-state index contributed by atoms with van der Waals surface area (Å²) in [6.07, 6.45) is 0.00366. The zero-order chi connectivity index (χ0) is 19.2. The van der Waals surface area contributed by atoms with E-state index in [1.807, 2.05) is 19.9 Å². The second-order valence-electron chi connectivity index (χ2n) is 5.50. The Balaban J connectivity index is 2.21. The van der Waals surface area contributed by atoms with Crippen LogP contribution in [0.15, 0.2) is 52.3 Å². The lowest BCUT2D eigenvalue weighted by atomic mass is 10.2. The van der Waals surface area contributed by atoms with Crippen molar-refractivity contribution in [2.24, 2.45) is 0 Å². The van der Waals surface area contributed by atoms with E-state index in [0.29, 0.717) is 28.7 Å². The molecule has 140 valence electrons. The van der Waals surface area contributed by atoms with Crippen molar-refractivity contribution in [3.63, 3.8) is 0 Å². The van der Waals surface area contributed by atoms with Gasteiger partial charge in [-0.15, -0.1) is 11.8 Å². The third kappa shape index (κ3) is 5.67. The standard InChI is InChI=1S/C18H21NO5S2/c1-3-24-14-5-7-15(8-6-14)26(22,23)19-16-9-4-13(2)12-17(16)25-11-10-18(20)21/h4-9,12,19H,3,10-11H2,1-2H3,(H,20,21).